The van der Waals surface area contributed by atoms with E-state index in [1.807, 2.05) is 12.5 Å². The van der Waals surface area contributed by atoms with Gasteiger partial charge in [-0.05, 0) is 31.6 Å². The zero-order chi connectivity index (χ0) is 12.2. The van der Waals surface area contributed by atoms with Crippen LogP contribution in [-0.2, 0) is 13.1 Å². The normalized spacial score (nSPS) is 20.7. The van der Waals surface area contributed by atoms with E-state index in [-0.39, 0.29) is 0 Å². The van der Waals surface area contributed by atoms with Crippen molar-refractivity contribution in [1.29, 1.82) is 0 Å². The summed E-state index contributed by atoms with van der Waals surface area (Å²) in [7, 11) is 0. The summed E-state index contributed by atoms with van der Waals surface area (Å²) < 4.78 is 2.34. The molecule has 2 fully saturated rings. The van der Waals surface area contributed by atoms with E-state index in [4.69, 9.17) is 0 Å². The van der Waals surface area contributed by atoms with Crippen LogP contribution in [0.25, 0.3) is 0 Å². The van der Waals surface area contributed by atoms with Gasteiger partial charge in [0, 0.05) is 25.3 Å². The van der Waals surface area contributed by atoms with E-state index >= 15 is 0 Å². The topological polar surface area (TPSA) is 29.9 Å². The lowest BCUT2D eigenvalue weighted by molar-refractivity contribution is 0.453. The fourth-order valence-electron chi connectivity index (χ4n) is 3.08. The largest absolute Gasteiger partial charge is 0.333 e. The summed E-state index contributed by atoms with van der Waals surface area (Å²) in [6, 6.07) is 0.784. The van der Waals surface area contributed by atoms with Crippen molar-refractivity contribution in [1.82, 2.24) is 14.9 Å². The second-order valence-electron chi connectivity index (χ2n) is 6.03. The zero-order valence-electron chi connectivity index (χ0n) is 11.3. The molecule has 0 aliphatic heterocycles. The average molecular weight is 247 g/mol. The van der Waals surface area contributed by atoms with E-state index in [0.717, 1.165) is 25.0 Å². The highest BCUT2D eigenvalue weighted by Crippen LogP contribution is 2.28. The van der Waals surface area contributed by atoms with Crippen LogP contribution >= 0.6 is 0 Å². The summed E-state index contributed by atoms with van der Waals surface area (Å²) in [5.41, 5.74) is 1.35. The lowest BCUT2D eigenvalue weighted by Gasteiger charge is -2.11. The number of imidazole rings is 1. The van der Waals surface area contributed by atoms with Crippen LogP contribution in [0.5, 0.6) is 0 Å². The highest BCUT2D eigenvalue weighted by molar-refractivity contribution is 4.99. The number of aromatic nitrogens is 2. The lowest BCUT2D eigenvalue weighted by Crippen LogP contribution is -2.18. The summed E-state index contributed by atoms with van der Waals surface area (Å²) in [5.74, 6) is 1.02. The molecule has 0 bridgehead atoms. The molecule has 0 atom stereocenters. The van der Waals surface area contributed by atoms with Crippen molar-refractivity contribution >= 4 is 0 Å². The van der Waals surface area contributed by atoms with Crippen molar-refractivity contribution in [2.75, 3.05) is 0 Å². The zero-order valence-corrected chi connectivity index (χ0v) is 11.3. The monoisotopic (exact) mass is 247 g/mol. The van der Waals surface area contributed by atoms with Gasteiger partial charge < -0.3 is 9.88 Å². The Bertz CT molecular complexity index is 362. The quantitative estimate of drug-likeness (QED) is 0.802. The first-order valence-electron chi connectivity index (χ1n) is 7.64. The minimum Gasteiger partial charge on any atom is -0.333 e. The van der Waals surface area contributed by atoms with Crippen LogP contribution in [0, 0.1) is 5.92 Å². The molecule has 0 aromatic carbocycles. The van der Waals surface area contributed by atoms with Gasteiger partial charge in [-0.3, -0.25) is 0 Å². The number of aryl methyl sites for hydroxylation is 1. The molecule has 2 aliphatic rings. The molecule has 1 heterocycles. The fourth-order valence-corrected chi connectivity index (χ4v) is 3.08. The molecule has 0 saturated heterocycles. The second-order valence-corrected chi connectivity index (χ2v) is 6.03. The number of hydrogen-bond acceptors (Lipinski definition) is 2. The first-order chi connectivity index (χ1) is 8.92. The Hall–Kier alpha value is -0.830. The van der Waals surface area contributed by atoms with E-state index < -0.39 is 0 Å². The van der Waals surface area contributed by atoms with Gasteiger partial charge in [-0.15, -0.1) is 0 Å². The first-order valence-corrected chi connectivity index (χ1v) is 7.64. The molecule has 0 amide bonds. The predicted molar refractivity (Wildman–Crippen MR) is 73.3 cm³/mol. The maximum absolute atomic E-state index is 4.29. The average Bonchev–Trinajstić information content (AvgIpc) is 2.89. The van der Waals surface area contributed by atoms with Crippen LogP contribution in [0.1, 0.15) is 57.1 Å². The first kappa shape index (κ1) is 12.2. The molecule has 1 aromatic rings. The van der Waals surface area contributed by atoms with Crippen LogP contribution in [0.2, 0.25) is 0 Å². The fraction of sp³-hybridized carbons (Fsp3) is 0.800. The molecule has 0 radical (unpaired) electrons. The molecule has 3 rings (SSSR count). The minimum absolute atomic E-state index is 0.784. The third kappa shape index (κ3) is 3.35. The van der Waals surface area contributed by atoms with Gasteiger partial charge in [-0.25, -0.2) is 4.98 Å². The van der Waals surface area contributed by atoms with Gasteiger partial charge in [0.25, 0.3) is 0 Å². The molecule has 1 N–H and O–H groups in total. The summed E-state index contributed by atoms with van der Waals surface area (Å²) >= 11 is 0. The Morgan fingerprint density at radius 1 is 1.22 bits per heavy atom. The van der Waals surface area contributed by atoms with Crippen LogP contribution < -0.4 is 5.32 Å². The van der Waals surface area contributed by atoms with E-state index in [1.165, 1.54) is 57.1 Å². The Morgan fingerprint density at radius 3 is 2.83 bits per heavy atom. The van der Waals surface area contributed by atoms with E-state index in [9.17, 15) is 0 Å². The van der Waals surface area contributed by atoms with Gasteiger partial charge in [0.05, 0.1) is 12.0 Å². The molecule has 3 nitrogen and oxygen atoms in total. The van der Waals surface area contributed by atoms with Crippen LogP contribution in [-0.4, -0.2) is 15.6 Å². The molecule has 0 unspecified atom stereocenters. The molecule has 1 aromatic heterocycles. The van der Waals surface area contributed by atoms with Gasteiger partial charge in [0.15, 0.2) is 0 Å². The van der Waals surface area contributed by atoms with Gasteiger partial charge in [0.2, 0.25) is 0 Å². The molecule has 2 saturated carbocycles. The molecule has 2 aliphatic carbocycles. The molecule has 18 heavy (non-hydrogen) atoms. The van der Waals surface area contributed by atoms with Crippen molar-refractivity contribution < 1.29 is 0 Å². The Morgan fingerprint density at radius 2 is 2.06 bits per heavy atom. The summed E-state index contributed by atoms with van der Waals surface area (Å²) in [6.45, 7) is 2.15. The van der Waals surface area contributed by atoms with Gasteiger partial charge in [-0.1, -0.05) is 25.7 Å². The number of rotatable bonds is 7. The van der Waals surface area contributed by atoms with Crippen LogP contribution in [0.4, 0.5) is 0 Å². The smallest absolute Gasteiger partial charge is 0.0948 e. The van der Waals surface area contributed by atoms with Crippen molar-refractivity contribution in [3.63, 3.8) is 0 Å². The van der Waals surface area contributed by atoms with Crippen LogP contribution in [0.3, 0.4) is 0 Å². The standard InChI is InChI=1S/C15H25N3/c1-2-5-13(4-1)6-3-9-18-12-16-10-15(18)11-17-14-7-8-14/h10,12-14,17H,1-9,11H2. The predicted octanol–water partition coefficient (Wildman–Crippen LogP) is 3.11. The molecule has 100 valence electrons. The maximum Gasteiger partial charge on any atom is 0.0948 e. The number of nitrogens with one attached hydrogen (secondary N) is 1. The minimum atomic E-state index is 0.784. The van der Waals surface area contributed by atoms with Crippen molar-refractivity contribution in [2.45, 2.75) is 70.5 Å². The highest BCUT2D eigenvalue weighted by atomic mass is 15.1. The van der Waals surface area contributed by atoms with Gasteiger partial charge >= 0.3 is 0 Å². The molecule has 0 spiro atoms. The van der Waals surface area contributed by atoms with E-state index in [0.29, 0.717) is 0 Å². The maximum atomic E-state index is 4.29. The number of nitrogens with zero attached hydrogens (tertiary/aromatic N) is 2. The van der Waals surface area contributed by atoms with Crippen molar-refractivity contribution in [2.24, 2.45) is 5.92 Å². The van der Waals surface area contributed by atoms with E-state index in [1.54, 1.807) is 0 Å². The Balaban J connectivity index is 1.41. The highest BCUT2D eigenvalue weighted by Gasteiger charge is 2.20. The summed E-state index contributed by atoms with van der Waals surface area (Å²) in [6.07, 6.45) is 15.3. The molecular weight excluding hydrogens is 222 g/mol. The van der Waals surface area contributed by atoms with E-state index in [2.05, 4.69) is 14.9 Å². The van der Waals surface area contributed by atoms with Crippen LogP contribution in [0.15, 0.2) is 12.5 Å². The Labute approximate surface area is 110 Å². The summed E-state index contributed by atoms with van der Waals surface area (Å²) in [5, 5.41) is 3.57. The van der Waals surface area contributed by atoms with Crippen molar-refractivity contribution in [3.8, 4) is 0 Å². The number of hydrogen-bond donors (Lipinski definition) is 1. The lowest BCUT2D eigenvalue weighted by atomic mass is 10.0. The Kier molecular flexibility index (Phi) is 3.99. The SMILES string of the molecule is c1ncn(CCCC2CCCC2)c1CNC1CC1. The van der Waals surface area contributed by atoms with Gasteiger partial charge in [0.1, 0.15) is 0 Å². The molecule has 3 heteroatoms. The van der Waals surface area contributed by atoms with Gasteiger partial charge in [-0.2, -0.15) is 0 Å². The molecular formula is C15H25N3. The second kappa shape index (κ2) is 5.87. The third-order valence-corrected chi connectivity index (χ3v) is 4.43. The third-order valence-electron chi connectivity index (χ3n) is 4.43. The van der Waals surface area contributed by atoms with Crippen molar-refractivity contribution in [3.05, 3.63) is 18.2 Å². The summed E-state index contributed by atoms with van der Waals surface area (Å²) in [4.78, 5) is 4.29.